The molecule has 4 aromatic rings. The predicted octanol–water partition coefficient (Wildman–Crippen LogP) is 4.17. The highest BCUT2D eigenvalue weighted by Gasteiger charge is 2.33. The van der Waals surface area contributed by atoms with Crippen LogP contribution in [-0.2, 0) is 4.74 Å². The SMILES string of the molecule is C[C@H]1N[C@@H](c2ccc(-n3nnc4ccccc43)cc2)O[C@@H]1c1ccccc1. The molecule has 134 valence electrons. The number of para-hydroxylation sites is 1. The molecule has 1 saturated heterocycles. The first kappa shape index (κ1) is 16.2. The number of hydrogen-bond donors (Lipinski definition) is 1. The maximum atomic E-state index is 6.30. The second kappa shape index (κ2) is 6.61. The van der Waals surface area contributed by atoms with Gasteiger partial charge < -0.3 is 4.74 Å². The zero-order valence-electron chi connectivity index (χ0n) is 15.0. The van der Waals surface area contributed by atoms with Crippen LogP contribution in [0.1, 0.15) is 30.4 Å². The lowest BCUT2D eigenvalue weighted by molar-refractivity contribution is 0.0363. The van der Waals surface area contributed by atoms with Crippen LogP contribution in [-0.4, -0.2) is 21.0 Å². The fourth-order valence-corrected chi connectivity index (χ4v) is 3.66. The Hall–Kier alpha value is -3.02. The molecule has 5 heteroatoms. The fraction of sp³-hybridized carbons (Fsp3) is 0.182. The Labute approximate surface area is 157 Å². The molecule has 5 rings (SSSR count). The van der Waals surface area contributed by atoms with Crippen LogP contribution in [0, 0.1) is 0 Å². The lowest BCUT2D eigenvalue weighted by Crippen LogP contribution is -2.23. The van der Waals surface area contributed by atoms with Crippen LogP contribution >= 0.6 is 0 Å². The first-order valence-corrected chi connectivity index (χ1v) is 9.17. The van der Waals surface area contributed by atoms with Gasteiger partial charge in [-0.3, -0.25) is 5.32 Å². The first-order valence-electron chi connectivity index (χ1n) is 9.17. The number of aromatic nitrogens is 3. The zero-order chi connectivity index (χ0) is 18.2. The Bertz CT molecular complexity index is 1060. The van der Waals surface area contributed by atoms with Crippen molar-refractivity contribution in [3.05, 3.63) is 90.0 Å². The highest BCUT2D eigenvalue weighted by molar-refractivity contribution is 5.75. The summed E-state index contributed by atoms with van der Waals surface area (Å²) in [5, 5.41) is 12.0. The second-order valence-corrected chi connectivity index (χ2v) is 6.88. The monoisotopic (exact) mass is 356 g/mol. The molecule has 0 unspecified atom stereocenters. The van der Waals surface area contributed by atoms with Crippen LogP contribution < -0.4 is 5.32 Å². The normalized spacial score (nSPS) is 22.3. The van der Waals surface area contributed by atoms with Gasteiger partial charge in [0.05, 0.1) is 11.2 Å². The number of hydrogen-bond acceptors (Lipinski definition) is 4. The minimum atomic E-state index is -0.119. The van der Waals surface area contributed by atoms with Gasteiger partial charge in [0.15, 0.2) is 0 Å². The highest BCUT2D eigenvalue weighted by Crippen LogP contribution is 2.35. The van der Waals surface area contributed by atoms with E-state index in [0.29, 0.717) is 0 Å². The van der Waals surface area contributed by atoms with Gasteiger partial charge in [0.2, 0.25) is 0 Å². The number of rotatable bonds is 3. The Morgan fingerprint density at radius 2 is 1.59 bits per heavy atom. The summed E-state index contributed by atoms with van der Waals surface area (Å²) >= 11 is 0. The standard InChI is InChI=1S/C22H20N4O/c1-15-21(16-7-3-2-4-8-16)27-22(23-15)17-11-13-18(14-12-17)26-20-10-6-5-9-19(20)24-25-26/h2-15,21-23H,1H3/t15-,21+,22-/m1/s1. The third-order valence-electron chi connectivity index (χ3n) is 5.07. The van der Waals surface area contributed by atoms with Crippen molar-refractivity contribution in [3.63, 3.8) is 0 Å². The van der Waals surface area contributed by atoms with Crippen LogP contribution in [0.5, 0.6) is 0 Å². The summed E-state index contributed by atoms with van der Waals surface area (Å²) in [5.41, 5.74) is 5.18. The molecular formula is C22H20N4O. The summed E-state index contributed by atoms with van der Waals surface area (Å²) in [4.78, 5) is 0. The summed E-state index contributed by atoms with van der Waals surface area (Å²) in [6.45, 7) is 2.16. The van der Waals surface area contributed by atoms with E-state index in [4.69, 9.17) is 4.74 Å². The van der Waals surface area contributed by atoms with Gasteiger partial charge in [-0.1, -0.05) is 59.8 Å². The van der Waals surface area contributed by atoms with Crippen molar-refractivity contribution in [2.45, 2.75) is 25.3 Å². The van der Waals surface area contributed by atoms with Crippen LogP contribution in [0.3, 0.4) is 0 Å². The molecule has 3 atom stereocenters. The van der Waals surface area contributed by atoms with E-state index in [0.717, 1.165) is 22.3 Å². The number of nitrogens with zero attached hydrogens (tertiary/aromatic N) is 3. The molecule has 27 heavy (non-hydrogen) atoms. The summed E-state index contributed by atoms with van der Waals surface area (Å²) in [7, 11) is 0. The van der Waals surface area contributed by atoms with E-state index >= 15 is 0 Å². The van der Waals surface area contributed by atoms with Crippen LogP contribution in [0.15, 0.2) is 78.9 Å². The molecule has 0 aliphatic carbocycles. The van der Waals surface area contributed by atoms with E-state index in [1.54, 1.807) is 0 Å². The van der Waals surface area contributed by atoms with Crippen LogP contribution in [0.25, 0.3) is 16.7 Å². The van der Waals surface area contributed by atoms with Crippen molar-refractivity contribution >= 4 is 11.0 Å². The van der Waals surface area contributed by atoms with Crippen molar-refractivity contribution in [1.29, 1.82) is 0 Å². The molecule has 1 aromatic heterocycles. The molecule has 1 N–H and O–H groups in total. The number of ether oxygens (including phenoxy) is 1. The lowest BCUT2D eigenvalue weighted by atomic mass is 10.0. The van der Waals surface area contributed by atoms with Crippen molar-refractivity contribution in [2.24, 2.45) is 0 Å². The van der Waals surface area contributed by atoms with Crippen LogP contribution in [0.4, 0.5) is 0 Å². The van der Waals surface area contributed by atoms with Crippen molar-refractivity contribution in [3.8, 4) is 5.69 Å². The van der Waals surface area contributed by atoms with E-state index < -0.39 is 0 Å². The maximum absolute atomic E-state index is 6.30. The van der Waals surface area contributed by atoms with E-state index in [1.165, 1.54) is 5.56 Å². The molecule has 0 radical (unpaired) electrons. The van der Waals surface area contributed by atoms with Gasteiger partial charge in [-0.15, -0.1) is 5.10 Å². The van der Waals surface area contributed by atoms with E-state index in [2.05, 4.69) is 71.1 Å². The van der Waals surface area contributed by atoms with Gasteiger partial charge in [-0.2, -0.15) is 0 Å². The summed E-state index contributed by atoms with van der Waals surface area (Å²) in [6, 6.07) is 26.9. The van der Waals surface area contributed by atoms with Crippen molar-refractivity contribution < 1.29 is 4.74 Å². The summed E-state index contributed by atoms with van der Waals surface area (Å²) < 4.78 is 8.16. The summed E-state index contributed by atoms with van der Waals surface area (Å²) in [5.74, 6) is 0. The first-order chi connectivity index (χ1) is 13.3. The smallest absolute Gasteiger partial charge is 0.135 e. The molecule has 0 amide bonds. The van der Waals surface area contributed by atoms with Crippen LogP contribution in [0.2, 0.25) is 0 Å². The van der Waals surface area contributed by atoms with Gasteiger partial charge in [0, 0.05) is 6.04 Å². The van der Waals surface area contributed by atoms with Crippen molar-refractivity contribution in [1.82, 2.24) is 20.3 Å². The van der Waals surface area contributed by atoms with Gasteiger partial charge in [0.1, 0.15) is 17.8 Å². The molecule has 1 fully saturated rings. The van der Waals surface area contributed by atoms with E-state index in [1.807, 2.05) is 35.0 Å². The van der Waals surface area contributed by atoms with E-state index in [9.17, 15) is 0 Å². The van der Waals surface area contributed by atoms with Crippen molar-refractivity contribution in [2.75, 3.05) is 0 Å². The predicted molar refractivity (Wildman–Crippen MR) is 104 cm³/mol. The Morgan fingerprint density at radius 1 is 0.852 bits per heavy atom. The lowest BCUT2D eigenvalue weighted by Gasteiger charge is -2.14. The molecule has 0 bridgehead atoms. The molecule has 5 nitrogen and oxygen atoms in total. The third-order valence-corrected chi connectivity index (χ3v) is 5.07. The highest BCUT2D eigenvalue weighted by atomic mass is 16.5. The molecule has 2 heterocycles. The maximum Gasteiger partial charge on any atom is 0.135 e. The molecular weight excluding hydrogens is 336 g/mol. The van der Waals surface area contributed by atoms with E-state index in [-0.39, 0.29) is 18.4 Å². The second-order valence-electron chi connectivity index (χ2n) is 6.88. The Balaban J connectivity index is 1.39. The number of benzene rings is 3. The number of fused-ring (bicyclic) bond motifs is 1. The Morgan fingerprint density at radius 3 is 2.41 bits per heavy atom. The summed E-state index contributed by atoms with van der Waals surface area (Å²) in [6.07, 6.45) is -0.0677. The average molecular weight is 356 g/mol. The van der Waals surface area contributed by atoms with Gasteiger partial charge in [-0.05, 0) is 42.3 Å². The molecule has 0 saturated carbocycles. The fourth-order valence-electron chi connectivity index (χ4n) is 3.66. The van der Waals surface area contributed by atoms with Gasteiger partial charge in [-0.25, -0.2) is 4.68 Å². The molecule has 1 aliphatic heterocycles. The Kier molecular flexibility index (Phi) is 3.96. The average Bonchev–Trinajstić information content (AvgIpc) is 3.33. The molecule has 0 spiro atoms. The quantitative estimate of drug-likeness (QED) is 0.599. The number of nitrogens with one attached hydrogen (secondary N) is 1. The molecule has 3 aromatic carbocycles. The zero-order valence-corrected chi connectivity index (χ0v) is 15.0. The largest absolute Gasteiger partial charge is 0.350 e. The minimum absolute atomic E-state index is 0.0511. The molecule has 1 aliphatic rings. The third kappa shape index (κ3) is 2.91. The topological polar surface area (TPSA) is 52.0 Å². The van der Waals surface area contributed by atoms with Gasteiger partial charge in [0.25, 0.3) is 0 Å². The minimum Gasteiger partial charge on any atom is -0.350 e. The van der Waals surface area contributed by atoms with Gasteiger partial charge >= 0.3 is 0 Å².